The van der Waals surface area contributed by atoms with Crippen LogP contribution in [0.15, 0.2) is 23.1 Å². The third-order valence-corrected chi connectivity index (χ3v) is 4.69. The predicted molar refractivity (Wildman–Crippen MR) is 65.8 cm³/mol. The van der Waals surface area contributed by atoms with Gasteiger partial charge in [-0.1, -0.05) is 6.07 Å². The summed E-state index contributed by atoms with van der Waals surface area (Å²) in [6.07, 6.45) is 1.02. The van der Waals surface area contributed by atoms with Crippen LogP contribution in [-0.2, 0) is 15.5 Å². The maximum Gasteiger partial charge on any atom is 0.0536 e. The lowest BCUT2D eigenvalue weighted by atomic mass is 10.2. The van der Waals surface area contributed by atoms with Crippen LogP contribution in [0.1, 0.15) is 12.0 Å². The second kappa shape index (κ2) is 4.97. The smallest absolute Gasteiger partial charge is 0.0536 e. The highest BCUT2D eigenvalue weighted by Gasteiger charge is 2.20. The first kappa shape index (κ1) is 11.6. The lowest BCUT2D eigenvalue weighted by Gasteiger charge is -2.10. The van der Waals surface area contributed by atoms with Gasteiger partial charge in [0.15, 0.2) is 0 Å². The van der Waals surface area contributed by atoms with Crippen LogP contribution in [0.2, 0.25) is 0 Å². The monoisotopic (exact) mass is 239 g/mol. The Morgan fingerprint density at radius 2 is 2.38 bits per heavy atom. The fourth-order valence-corrected chi connectivity index (χ4v) is 3.46. The Morgan fingerprint density at radius 1 is 1.56 bits per heavy atom. The number of benzene rings is 1. The van der Waals surface area contributed by atoms with Gasteiger partial charge in [-0.25, -0.2) is 0 Å². The van der Waals surface area contributed by atoms with Gasteiger partial charge in [0.1, 0.15) is 0 Å². The van der Waals surface area contributed by atoms with E-state index in [1.54, 1.807) is 0 Å². The number of nitrogen functional groups attached to an aromatic ring is 1. The highest BCUT2D eigenvalue weighted by Crippen LogP contribution is 2.22. The van der Waals surface area contributed by atoms with Crippen LogP contribution < -0.4 is 5.73 Å². The molecule has 3 nitrogen and oxygen atoms in total. The van der Waals surface area contributed by atoms with E-state index >= 15 is 0 Å². The van der Waals surface area contributed by atoms with E-state index in [4.69, 9.17) is 10.5 Å². The topological polar surface area (TPSA) is 52.3 Å². The molecule has 1 aromatic carbocycles. The Morgan fingerprint density at radius 3 is 3.06 bits per heavy atom. The SMILES string of the molecule is Cc1c(N)cccc1S(=O)CC1CCOC1. The average molecular weight is 239 g/mol. The fourth-order valence-electron chi connectivity index (χ4n) is 1.90. The highest BCUT2D eigenvalue weighted by molar-refractivity contribution is 7.85. The summed E-state index contributed by atoms with van der Waals surface area (Å²) >= 11 is 0. The van der Waals surface area contributed by atoms with E-state index in [1.165, 1.54) is 0 Å². The highest BCUT2D eigenvalue weighted by atomic mass is 32.2. The number of rotatable bonds is 3. The molecule has 1 saturated heterocycles. The average Bonchev–Trinajstić information content (AvgIpc) is 2.74. The minimum atomic E-state index is -0.955. The molecule has 2 unspecified atom stereocenters. The summed E-state index contributed by atoms with van der Waals surface area (Å²) in [5.74, 6) is 1.12. The summed E-state index contributed by atoms with van der Waals surface area (Å²) < 4.78 is 17.5. The molecule has 1 fully saturated rings. The molecule has 88 valence electrons. The summed E-state index contributed by atoms with van der Waals surface area (Å²) in [6, 6.07) is 5.60. The van der Waals surface area contributed by atoms with Gasteiger partial charge in [-0.05, 0) is 37.0 Å². The van der Waals surface area contributed by atoms with Gasteiger partial charge in [0, 0.05) is 22.9 Å². The molecule has 1 heterocycles. The van der Waals surface area contributed by atoms with Gasteiger partial charge in [0.2, 0.25) is 0 Å². The van der Waals surface area contributed by atoms with E-state index in [1.807, 2.05) is 25.1 Å². The zero-order valence-corrected chi connectivity index (χ0v) is 10.3. The van der Waals surface area contributed by atoms with E-state index in [9.17, 15) is 4.21 Å². The van der Waals surface area contributed by atoms with Gasteiger partial charge >= 0.3 is 0 Å². The summed E-state index contributed by atoms with van der Waals surface area (Å²) in [7, 11) is -0.955. The number of hydrogen-bond acceptors (Lipinski definition) is 3. The molecular formula is C12H17NO2S. The van der Waals surface area contributed by atoms with Crippen molar-refractivity contribution in [2.75, 3.05) is 24.7 Å². The molecule has 0 spiro atoms. The fraction of sp³-hybridized carbons (Fsp3) is 0.500. The maximum absolute atomic E-state index is 12.2. The first-order valence-corrected chi connectivity index (χ1v) is 6.81. The Labute approximate surface area is 98.4 Å². The molecule has 0 radical (unpaired) electrons. The molecule has 1 aliphatic rings. The number of anilines is 1. The normalized spacial score (nSPS) is 22.2. The number of nitrogens with two attached hydrogens (primary N) is 1. The Hall–Kier alpha value is -0.870. The van der Waals surface area contributed by atoms with E-state index in [-0.39, 0.29) is 0 Å². The van der Waals surface area contributed by atoms with Crippen molar-refractivity contribution in [1.29, 1.82) is 0 Å². The lowest BCUT2D eigenvalue weighted by Crippen LogP contribution is -2.12. The molecular weight excluding hydrogens is 222 g/mol. The summed E-state index contributed by atoms with van der Waals surface area (Å²) in [6.45, 7) is 3.47. The third kappa shape index (κ3) is 2.44. The Kier molecular flexibility index (Phi) is 3.61. The molecule has 0 saturated carbocycles. The minimum absolute atomic E-state index is 0.432. The molecule has 1 aliphatic heterocycles. The lowest BCUT2D eigenvalue weighted by molar-refractivity contribution is 0.189. The van der Waals surface area contributed by atoms with E-state index in [2.05, 4.69) is 0 Å². The van der Waals surface area contributed by atoms with Crippen LogP contribution >= 0.6 is 0 Å². The van der Waals surface area contributed by atoms with Gasteiger partial charge in [0.05, 0.1) is 17.4 Å². The molecule has 1 aromatic rings. The quantitative estimate of drug-likeness (QED) is 0.817. The summed E-state index contributed by atoms with van der Waals surface area (Å²) in [5, 5.41) is 0. The van der Waals surface area contributed by atoms with E-state index in [0.29, 0.717) is 17.4 Å². The molecule has 0 aliphatic carbocycles. The predicted octanol–water partition coefficient (Wildman–Crippen LogP) is 1.72. The van der Waals surface area contributed by atoms with Crippen LogP contribution in [0.5, 0.6) is 0 Å². The summed E-state index contributed by atoms with van der Waals surface area (Å²) in [5.41, 5.74) is 7.47. The van der Waals surface area contributed by atoms with E-state index < -0.39 is 10.8 Å². The third-order valence-electron chi connectivity index (χ3n) is 2.98. The van der Waals surface area contributed by atoms with Crippen LogP contribution in [0.25, 0.3) is 0 Å². The Balaban J connectivity index is 2.11. The molecule has 0 aromatic heterocycles. The first-order chi connectivity index (χ1) is 7.68. The second-order valence-corrected chi connectivity index (χ2v) is 5.68. The number of ether oxygens (including phenoxy) is 1. The van der Waals surface area contributed by atoms with Gasteiger partial charge < -0.3 is 10.5 Å². The molecule has 0 amide bonds. The van der Waals surface area contributed by atoms with E-state index in [0.717, 1.165) is 30.1 Å². The maximum atomic E-state index is 12.2. The van der Waals surface area contributed by atoms with Crippen molar-refractivity contribution < 1.29 is 8.95 Å². The molecule has 16 heavy (non-hydrogen) atoms. The van der Waals surface area contributed by atoms with Crippen molar-refractivity contribution >= 4 is 16.5 Å². The van der Waals surface area contributed by atoms with Crippen molar-refractivity contribution in [3.63, 3.8) is 0 Å². The van der Waals surface area contributed by atoms with Crippen molar-refractivity contribution in [2.45, 2.75) is 18.2 Å². The van der Waals surface area contributed by atoms with Crippen molar-refractivity contribution in [3.05, 3.63) is 23.8 Å². The van der Waals surface area contributed by atoms with Crippen molar-refractivity contribution in [3.8, 4) is 0 Å². The van der Waals surface area contributed by atoms with Gasteiger partial charge in [-0.2, -0.15) is 0 Å². The van der Waals surface area contributed by atoms with Crippen LogP contribution in [0, 0.1) is 12.8 Å². The molecule has 2 N–H and O–H groups in total. The molecule has 4 heteroatoms. The van der Waals surface area contributed by atoms with Gasteiger partial charge in [-0.3, -0.25) is 4.21 Å². The molecule has 2 rings (SSSR count). The second-order valence-electron chi connectivity index (χ2n) is 4.21. The van der Waals surface area contributed by atoms with Gasteiger partial charge in [-0.15, -0.1) is 0 Å². The molecule has 2 atom stereocenters. The zero-order chi connectivity index (χ0) is 11.5. The number of hydrogen-bond donors (Lipinski definition) is 1. The van der Waals surface area contributed by atoms with Crippen molar-refractivity contribution in [2.24, 2.45) is 5.92 Å². The molecule has 0 bridgehead atoms. The summed E-state index contributed by atoms with van der Waals surface area (Å²) in [4.78, 5) is 0.868. The van der Waals surface area contributed by atoms with Crippen LogP contribution in [0.4, 0.5) is 5.69 Å². The van der Waals surface area contributed by atoms with Crippen LogP contribution in [-0.4, -0.2) is 23.2 Å². The Bertz CT molecular complexity index is 400. The van der Waals surface area contributed by atoms with Crippen molar-refractivity contribution in [1.82, 2.24) is 0 Å². The van der Waals surface area contributed by atoms with Crippen LogP contribution in [0.3, 0.4) is 0 Å². The minimum Gasteiger partial charge on any atom is -0.398 e. The largest absolute Gasteiger partial charge is 0.398 e. The first-order valence-electron chi connectivity index (χ1n) is 5.49. The zero-order valence-electron chi connectivity index (χ0n) is 9.44. The van der Waals surface area contributed by atoms with Gasteiger partial charge in [0.25, 0.3) is 0 Å². The standard InChI is InChI=1S/C12H17NO2S/c1-9-11(13)3-2-4-12(9)16(14)8-10-5-6-15-7-10/h2-4,10H,5-8,13H2,1H3.